The van der Waals surface area contributed by atoms with Crippen LogP contribution in [0.15, 0.2) is 0 Å². The maximum absolute atomic E-state index is 12.2. The zero-order chi connectivity index (χ0) is 68.1. The fourth-order valence-corrected chi connectivity index (χ4v) is 12.9. The van der Waals surface area contributed by atoms with Crippen molar-refractivity contribution in [1.82, 2.24) is 0 Å². The molecule has 0 aromatic carbocycles. The summed E-state index contributed by atoms with van der Waals surface area (Å²) in [4.78, 5) is 0. The SMILES string of the molecule is CC1OC(CO[C@@H]2OC(CO[C@@H]3OC(CO)[C@H](O)C(OS(=O)(=O)O)C3O)[C@H](O)C(OS(=O)(=O)O)C2O)[C@H](CO[C@@H]2OC(CO)[C@H](O)C(CO[C@@H]3OC(C)[C@@H](CO[C@@H]4OC(C)[C@@H](O)C(OS(=O)(=O)O)C4O)C(OS(=O)(=O)O)C3O)C2O)C(OS(=O)(=O)O)C1O.FF. The lowest BCUT2D eigenvalue weighted by molar-refractivity contribution is -0.334. The molecule has 50 heteroatoms. The molecular weight excluding hydrogens is 1370 g/mol. The first kappa shape index (κ1) is 79.0. The molecule has 43 nitrogen and oxygen atoms in total. The molecule has 6 aliphatic heterocycles. The van der Waals surface area contributed by atoms with Crippen LogP contribution in [-0.4, -0.2) is 338 Å². The lowest BCUT2D eigenvalue weighted by Gasteiger charge is -2.47. The lowest BCUT2D eigenvalue weighted by atomic mass is 9.87. The van der Waals surface area contributed by atoms with Crippen molar-refractivity contribution in [2.24, 2.45) is 17.8 Å². The fourth-order valence-electron chi connectivity index (χ4n) is 10.3. The van der Waals surface area contributed by atoms with Crippen LogP contribution in [0.3, 0.4) is 0 Å². The second-order valence-corrected chi connectivity index (χ2v) is 26.0. The first-order valence-electron chi connectivity index (χ1n) is 26.0. The van der Waals surface area contributed by atoms with Gasteiger partial charge in [0.2, 0.25) is 0 Å². The maximum atomic E-state index is 12.2. The molecule has 0 aromatic heterocycles. The van der Waals surface area contributed by atoms with Gasteiger partial charge in [0.25, 0.3) is 0 Å². The van der Waals surface area contributed by atoms with E-state index in [9.17, 15) is 126 Å². The molecule has 30 atom stereocenters. The molecule has 0 aliphatic carbocycles. The molecule has 6 saturated heterocycles. The van der Waals surface area contributed by atoms with E-state index in [0.717, 1.165) is 6.92 Å². The second-order valence-electron chi connectivity index (χ2n) is 20.8. The van der Waals surface area contributed by atoms with Gasteiger partial charge in [0.1, 0.15) is 104 Å². The maximum Gasteiger partial charge on any atom is 0.397 e. The molecule has 17 N–H and O–H groups in total. The van der Waals surface area contributed by atoms with Gasteiger partial charge in [-0.2, -0.15) is 42.1 Å². The highest BCUT2D eigenvalue weighted by Gasteiger charge is 2.56. The Morgan fingerprint density at radius 1 is 0.300 bits per heavy atom. The molecule has 6 rings (SSSR count). The largest absolute Gasteiger partial charge is 0.397 e. The fraction of sp³-hybridized carbons (Fsp3) is 1.00. The molecule has 6 heterocycles. The van der Waals surface area contributed by atoms with Crippen LogP contribution in [0.5, 0.6) is 0 Å². The van der Waals surface area contributed by atoms with Crippen molar-refractivity contribution in [2.75, 3.05) is 46.2 Å². The standard InChI is InChI=1S/C40H70O43S5.F2/c1-11-14(6-68-38-28(50)33(81-86(59,60)61)22(44)13(3)75-38)31(79-84(53,54)55)27(49)37(74-11)70-8-16-23(45)17(4-41)76-36(24(16)46)69-7-15-19(73-12(2)21(43)32(15)80-85(56,57)58)9-71-40-30(52)35(83-88(65,66)67)26(48)20(78-40)10-72-39-29(51)34(82-87(62,63)64)25(47)18(5-42)77-39;1-2/h11-52H,4-10H2,1-3H3,(H,53,54,55)(H,56,57,58)(H,59,60,61)(H,62,63,64)(H,65,66,67);/t11?,12?,13?,14-,15+,16?,17?,18?,19?,20?,21?,22-,23-,24?,25+,26+,27?,28?,29?,30?,31?,32?,33?,34?,35?,36-,37-,38-,39-,40-;/m1./s1. The van der Waals surface area contributed by atoms with Gasteiger partial charge >= 0.3 is 52.0 Å². The summed E-state index contributed by atoms with van der Waals surface area (Å²) < 4.78 is 266. The Morgan fingerprint density at radius 2 is 0.578 bits per heavy atom. The van der Waals surface area contributed by atoms with Crippen molar-refractivity contribution in [1.29, 1.82) is 0 Å². The van der Waals surface area contributed by atoms with Gasteiger partial charge in [-0.05, 0) is 20.8 Å². The Hall–Kier alpha value is -1.71. The van der Waals surface area contributed by atoms with Crippen molar-refractivity contribution < 1.29 is 208 Å². The van der Waals surface area contributed by atoms with Gasteiger partial charge in [0.15, 0.2) is 31.5 Å². The molecule has 0 spiro atoms. The number of aliphatic hydroxyl groups is 12. The van der Waals surface area contributed by atoms with Crippen LogP contribution in [0.25, 0.3) is 0 Å². The Morgan fingerprint density at radius 3 is 1.01 bits per heavy atom. The smallest absolute Gasteiger partial charge is 0.394 e. The average molecular weight is 1440 g/mol. The highest BCUT2D eigenvalue weighted by Crippen LogP contribution is 2.38. The molecule has 0 amide bonds. The second kappa shape index (κ2) is 32.6. The van der Waals surface area contributed by atoms with Crippen molar-refractivity contribution in [3.8, 4) is 0 Å². The normalized spacial score (nSPS) is 43.5. The lowest BCUT2D eigenvalue weighted by Crippen LogP contribution is -2.63. The minimum atomic E-state index is -5.60. The third-order valence-corrected chi connectivity index (χ3v) is 17.1. The summed E-state index contributed by atoms with van der Waals surface area (Å²) in [5.74, 6) is -4.98. The summed E-state index contributed by atoms with van der Waals surface area (Å²) in [6.07, 6.45) is -54.6. The minimum absolute atomic E-state index is 0.828. The Bertz CT molecular complexity index is 2830. The van der Waals surface area contributed by atoms with Crippen LogP contribution in [0, 0.1) is 17.8 Å². The topological polar surface area (TPSA) is 662 Å². The van der Waals surface area contributed by atoms with Crippen LogP contribution in [0.1, 0.15) is 20.8 Å². The number of hydrogen-bond donors (Lipinski definition) is 17. The van der Waals surface area contributed by atoms with Crippen LogP contribution in [-0.2, 0) is 125 Å². The molecule has 6 fully saturated rings. The van der Waals surface area contributed by atoms with Gasteiger partial charge in [-0.3, -0.25) is 22.8 Å². The van der Waals surface area contributed by atoms with Gasteiger partial charge in [-0.15, -0.1) is 0 Å². The van der Waals surface area contributed by atoms with Gasteiger partial charge in [0.05, 0.1) is 76.8 Å². The predicted molar refractivity (Wildman–Crippen MR) is 268 cm³/mol. The Kier molecular flexibility index (Phi) is 28.6. The van der Waals surface area contributed by atoms with E-state index in [4.69, 9.17) is 69.6 Å². The van der Waals surface area contributed by atoms with E-state index < -0.39 is 282 Å². The van der Waals surface area contributed by atoms with E-state index in [2.05, 4.69) is 12.5 Å². The van der Waals surface area contributed by atoms with Gasteiger partial charge in [-0.1, -0.05) is 0 Å². The van der Waals surface area contributed by atoms with E-state index in [1.807, 2.05) is 0 Å². The summed E-state index contributed by atoms with van der Waals surface area (Å²) in [5, 5.41) is 130. The first-order valence-corrected chi connectivity index (χ1v) is 32.8. The number of halogens is 2. The molecular formula is C40H70F2O43S5. The minimum Gasteiger partial charge on any atom is -0.394 e. The molecule has 19 unspecified atom stereocenters. The summed E-state index contributed by atoms with van der Waals surface area (Å²) in [6.45, 7) is -3.55. The third kappa shape index (κ3) is 21.1. The molecule has 0 saturated carbocycles. The number of ether oxygens (including phenoxy) is 11. The molecule has 0 bridgehead atoms. The number of aliphatic hydroxyl groups excluding tert-OH is 12. The van der Waals surface area contributed by atoms with Crippen molar-refractivity contribution in [3.05, 3.63) is 0 Å². The summed E-state index contributed by atoms with van der Waals surface area (Å²) in [5.41, 5.74) is 0. The van der Waals surface area contributed by atoms with Crippen molar-refractivity contribution in [3.63, 3.8) is 0 Å². The van der Waals surface area contributed by atoms with E-state index in [1.54, 1.807) is 0 Å². The molecule has 6 aliphatic rings. The van der Waals surface area contributed by atoms with E-state index in [0.29, 0.717) is 0 Å². The average Bonchev–Trinajstić information content (AvgIpc) is 1.30. The first-order chi connectivity index (χ1) is 41.5. The van der Waals surface area contributed by atoms with Crippen LogP contribution in [0.2, 0.25) is 0 Å². The van der Waals surface area contributed by atoms with Crippen LogP contribution in [0.4, 0.5) is 9.15 Å². The highest BCUT2D eigenvalue weighted by atomic mass is 32.3. The molecule has 532 valence electrons. The zero-order valence-electron chi connectivity index (χ0n) is 46.3. The quantitative estimate of drug-likeness (QED) is 0.0340. The van der Waals surface area contributed by atoms with E-state index in [-0.39, 0.29) is 0 Å². The predicted octanol–water partition coefficient (Wildman–Crippen LogP) is -10.3. The Labute approximate surface area is 509 Å². The third-order valence-electron chi connectivity index (χ3n) is 14.7. The zero-order valence-corrected chi connectivity index (χ0v) is 50.4. The van der Waals surface area contributed by atoms with Gasteiger partial charge in [0, 0.05) is 26.9 Å². The number of rotatable bonds is 27. The summed E-state index contributed by atoms with van der Waals surface area (Å²) in [6, 6.07) is 0. The van der Waals surface area contributed by atoms with Gasteiger partial charge < -0.3 is 113 Å². The highest BCUT2D eigenvalue weighted by molar-refractivity contribution is 7.81. The summed E-state index contributed by atoms with van der Waals surface area (Å²) >= 11 is 0. The van der Waals surface area contributed by atoms with Gasteiger partial charge in [-0.25, -0.2) is 20.9 Å². The monoisotopic (exact) mass is 1440 g/mol. The van der Waals surface area contributed by atoms with E-state index >= 15 is 0 Å². The van der Waals surface area contributed by atoms with Crippen LogP contribution < -0.4 is 0 Å². The summed E-state index contributed by atoms with van der Waals surface area (Å²) in [7, 11) is -27.3. The van der Waals surface area contributed by atoms with E-state index in [1.165, 1.54) is 13.8 Å². The number of hydrogen-bond acceptors (Lipinski definition) is 38. The Balaban J connectivity index is 0.00000729. The molecule has 0 radical (unpaired) electrons. The molecule has 0 aromatic rings. The van der Waals surface area contributed by atoms with Crippen molar-refractivity contribution >= 4 is 52.0 Å². The molecule has 90 heavy (non-hydrogen) atoms. The van der Waals surface area contributed by atoms with Crippen LogP contribution >= 0.6 is 0 Å². The van der Waals surface area contributed by atoms with Crippen molar-refractivity contribution in [2.45, 2.75) is 187 Å².